The molecule has 0 aliphatic heterocycles. The summed E-state index contributed by atoms with van der Waals surface area (Å²) in [6.07, 6.45) is 7.61. The molecular formula is C13H18N2OS. The Labute approximate surface area is 106 Å². The van der Waals surface area contributed by atoms with Crippen LogP contribution < -0.4 is 0 Å². The van der Waals surface area contributed by atoms with Crippen molar-refractivity contribution < 1.29 is 4.79 Å². The zero-order valence-electron chi connectivity index (χ0n) is 10.2. The maximum absolute atomic E-state index is 12.0. The Morgan fingerprint density at radius 1 is 1.41 bits per heavy atom. The van der Waals surface area contributed by atoms with Crippen molar-refractivity contribution in [3.63, 3.8) is 0 Å². The van der Waals surface area contributed by atoms with Gasteiger partial charge in [-0.1, -0.05) is 31.0 Å². The molecule has 0 unspecified atom stereocenters. The molecular weight excluding hydrogens is 232 g/mol. The zero-order valence-corrected chi connectivity index (χ0v) is 11.0. The van der Waals surface area contributed by atoms with Crippen LogP contribution in [-0.4, -0.2) is 21.5 Å². The van der Waals surface area contributed by atoms with Crippen LogP contribution in [0.4, 0.5) is 0 Å². The molecule has 0 spiro atoms. The molecule has 0 amide bonds. The van der Waals surface area contributed by atoms with Crippen LogP contribution in [0, 0.1) is 12.8 Å². The lowest BCUT2D eigenvalue weighted by atomic mass is 9.87. The highest BCUT2D eigenvalue weighted by atomic mass is 32.2. The van der Waals surface area contributed by atoms with Gasteiger partial charge in [0.2, 0.25) is 0 Å². The molecule has 4 heteroatoms. The molecule has 92 valence electrons. The first-order valence-electron chi connectivity index (χ1n) is 6.21. The molecule has 0 bridgehead atoms. The molecule has 0 N–H and O–H groups in total. The third-order valence-electron chi connectivity index (χ3n) is 3.18. The average Bonchev–Trinajstić information content (AvgIpc) is 2.37. The van der Waals surface area contributed by atoms with Gasteiger partial charge in [0.25, 0.3) is 0 Å². The van der Waals surface area contributed by atoms with E-state index in [4.69, 9.17) is 0 Å². The summed E-state index contributed by atoms with van der Waals surface area (Å²) >= 11 is 1.46. The minimum atomic E-state index is 0.293. The minimum Gasteiger partial charge on any atom is -0.298 e. The lowest BCUT2D eigenvalue weighted by molar-refractivity contribution is -0.121. The first-order valence-corrected chi connectivity index (χ1v) is 7.19. The lowest BCUT2D eigenvalue weighted by Gasteiger charge is -2.19. The molecule has 1 heterocycles. The van der Waals surface area contributed by atoms with Crippen molar-refractivity contribution in [1.29, 1.82) is 0 Å². The van der Waals surface area contributed by atoms with Crippen LogP contribution in [0.2, 0.25) is 0 Å². The topological polar surface area (TPSA) is 42.9 Å². The van der Waals surface area contributed by atoms with E-state index in [1.807, 2.05) is 13.0 Å². The molecule has 2 rings (SSSR count). The Bertz CT molecular complexity index is 389. The van der Waals surface area contributed by atoms with E-state index >= 15 is 0 Å². The molecule has 0 atom stereocenters. The largest absolute Gasteiger partial charge is 0.298 e. The Morgan fingerprint density at radius 3 is 2.88 bits per heavy atom. The lowest BCUT2D eigenvalue weighted by Crippen LogP contribution is -2.19. The number of aryl methyl sites for hydroxylation is 1. The maximum Gasteiger partial charge on any atom is 0.188 e. The van der Waals surface area contributed by atoms with Gasteiger partial charge >= 0.3 is 0 Å². The number of carbonyl (C=O) groups excluding carboxylic acids is 1. The quantitative estimate of drug-likeness (QED) is 0.608. The van der Waals surface area contributed by atoms with Gasteiger partial charge in [0.15, 0.2) is 5.16 Å². The van der Waals surface area contributed by atoms with Gasteiger partial charge in [-0.25, -0.2) is 9.97 Å². The number of hydrogen-bond acceptors (Lipinski definition) is 4. The van der Waals surface area contributed by atoms with Crippen molar-refractivity contribution in [3.8, 4) is 0 Å². The van der Waals surface area contributed by atoms with Crippen molar-refractivity contribution >= 4 is 17.5 Å². The highest BCUT2D eigenvalue weighted by Crippen LogP contribution is 2.26. The van der Waals surface area contributed by atoms with Gasteiger partial charge in [0.1, 0.15) is 5.78 Å². The summed E-state index contributed by atoms with van der Waals surface area (Å²) in [7, 11) is 0. The normalized spacial score (nSPS) is 17.0. The molecule has 0 aromatic carbocycles. The second-order valence-corrected chi connectivity index (χ2v) is 5.51. The van der Waals surface area contributed by atoms with Crippen LogP contribution in [-0.2, 0) is 4.79 Å². The van der Waals surface area contributed by atoms with Gasteiger partial charge in [-0.15, -0.1) is 0 Å². The van der Waals surface area contributed by atoms with Crippen molar-refractivity contribution in [2.75, 3.05) is 5.75 Å². The van der Waals surface area contributed by atoms with Gasteiger partial charge in [-0.05, 0) is 25.8 Å². The van der Waals surface area contributed by atoms with E-state index < -0.39 is 0 Å². The second-order valence-electron chi connectivity index (χ2n) is 4.57. The average molecular weight is 250 g/mol. The third kappa shape index (κ3) is 3.80. The van der Waals surface area contributed by atoms with Crippen LogP contribution in [0.25, 0.3) is 0 Å². The van der Waals surface area contributed by atoms with Crippen LogP contribution in [0.1, 0.15) is 37.8 Å². The van der Waals surface area contributed by atoms with E-state index in [1.165, 1.54) is 31.0 Å². The second kappa shape index (κ2) is 6.15. The first-order chi connectivity index (χ1) is 8.25. The summed E-state index contributed by atoms with van der Waals surface area (Å²) in [5, 5.41) is 0.717. The molecule has 3 nitrogen and oxygen atoms in total. The Balaban J connectivity index is 1.83. The number of thioether (sulfide) groups is 1. The van der Waals surface area contributed by atoms with Gasteiger partial charge in [-0.2, -0.15) is 0 Å². The summed E-state index contributed by atoms with van der Waals surface area (Å²) < 4.78 is 0. The molecule has 1 aliphatic carbocycles. The summed E-state index contributed by atoms with van der Waals surface area (Å²) in [4.78, 5) is 20.4. The third-order valence-corrected chi connectivity index (χ3v) is 4.06. The zero-order chi connectivity index (χ0) is 12.1. The molecule has 1 aromatic heterocycles. The monoisotopic (exact) mass is 250 g/mol. The fraction of sp³-hybridized carbons (Fsp3) is 0.615. The minimum absolute atomic E-state index is 0.293. The summed E-state index contributed by atoms with van der Waals surface area (Å²) in [5.41, 5.74) is 0.951. The number of ketones is 1. The van der Waals surface area contributed by atoms with Gasteiger partial charge in [0, 0.05) is 17.8 Å². The van der Waals surface area contributed by atoms with Gasteiger partial charge < -0.3 is 0 Å². The number of Topliss-reactive ketones (excluding diaryl/α,β-unsaturated/α-hetero) is 1. The maximum atomic E-state index is 12.0. The van der Waals surface area contributed by atoms with Crippen LogP contribution in [0.3, 0.4) is 0 Å². The number of hydrogen-bond donors (Lipinski definition) is 0. The Kier molecular flexibility index (Phi) is 4.54. The summed E-state index contributed by atoms with van der Waals surface area (Å²) in [5.74, 6) is 1.19. The Morgan fingerprint density at radius 2 is 2.18 bits per heavy atom. The molecule has 0 radical (unpaired) electrons. The van der Waals surface area contributed by atoms with E-state index in [9.17, 15) is 4.79 Å². The molecule has 1 aromatic rings. The molecule has 17 heavy (non-hydrogen) atoms. The highest BCUT2D eigenvalue weighted by molar-refractivity contribution is 7.99. The first kappa shape index (κ1) is 12.6. The van der Waals surface area contributed by atoms with Gasteiger partial charge in [0.05, 0.1) is 5.75 Å². The van der Waals surface area contributed by atoms with Crippen molar-refractivity contribution in [3.05, 3.63) is 18.0 Å². The predicted octanol–water partition coefficient (Wildman–Crippen LogP) is 3.03. The van der Waals surface area contributed by atoms with E-state index in [1.54, 1.807) is 6.20 Å². The molecule has 1 saturated carbocycles. The molecule has 1 aliphatic rings. The van der Waals surface area contributed by atoms with E-state index in [2.05, 4.69) is 9.97 Å². The van der Waals surface area contributed by atoms with Gasteiger partial charge in [-0.3, -0.25) is 4.79 Å². The van der Waals surface area contributed by atoms with E-state index in [-0.39, 0.29) is 0 Å². The smallest absolute Gasteiger partial charge is 0.188 e. The number of nitrogens with zero attached hydrogens (tertiary/aromatic N) is 2. The summed E-state index contributed by atoms with van der Waals surface area (Å²) in [6.45, 7) is 1.94. The van der Waals surface area contributed by atoms with Crippen LogP contribution in [0.15, 0.2) is 17.4 Å². The number of carbonyl (C=O) groups is 1. The van der Waals surface area contributed by atoms with Crippen molar-refractivity contribution in [1.82, 2.24) is 9.97 Å². The Hall–Kier alpha value is -0.900. The SMILES string of the molecule is Cc1ccnc(SCC(=O)C2CCCCC2)n1. The highest BCUT2D eigenvalue weighted by Gasteiger charge is 2.21. The summed E-state index contributed by atoms with van der Waals surface area (Å²) in [6, 6.07) is 1.87. The van der Waals surface area contributed by atoms with E-state index in [0.717, 1.165) is 18.5 Å². The number of rotatable bonds is 4. The standard InChI is InChI=1S/C13H18N2OS/c1-10-7-8-14-13(15-10)17-9-12(16)11-5-3-2-4-6-11/h7-8,11H,2-6,9H2,1H3. The fourth-order valence-corrected chi connectivity index (χ4v) is 3.02. The molecule has 1 fully saturated rings. The fourth-order valence-electron chi connectivity index (χ4n) is 2.17. The van der Waals surface area contributed by atoms with Crippen LogP contribution in [0.5, 0.6) is 0 Å². The van der Waals surface area contributed by atoms with Crippen molar-refractivity contribution in [2.24, 2.45) is 5.92 Å². The number of aromatic nitrogens is 2. The molecule has 0 saturated heterocycles. The predicted molar refractivity (Wildman–Crippen MR) is 69.1 cm³/mol. The van der Waals surface area contributed by atoms with E-state index in [0.29, 0.717) is 22.6 Å². The van der Waals surface area contributed by atoms with Crippen LogP contribution >= 0.6 is 11.8 Å². The van der Waals surface area contributed by atoms with Crippen molar-refractivity contribution in [2.45, 2.75) is 44.2 Å².